The molecule has 4 aliphatic rings. The van der Waals surface area contributed by atoms with Gasteiger partial charge in [0.05, 0.1) is 0 Å². The maximum Gasteiger partial charge on any atom is 0.108 e. The third-order valence-electron chi connectivity index (χ3n) is 6.36. The molecule has 0 spiro atoms. The summed E-state index contributed by atoms with van der Waals surface area (Å²) in [6, 6.07) is 0. The molecule has 0 aromatic heterocycles. The molecule has 4 rings (SSSR count). The molecule has 0 saturated heterocycles. The number of fused-ring (bicyclic) bond motifs is 2. The largest absolute Gasteiger partial charge is 0.108 e. The predicted octanol–water partition coefficient (Wildman–Crippen LogP) is 6.03. The monoisotopic (exact) mass is 296 g/mol. The zero-order valence-electron chi connectivity index (χ0n) is 13.7. The van der Waals surface area contributed by atoms with E-state index >= 15 is 0 Å². The van der Waals surface area contributed by atoms with Crippen LogP contribution in [-0.4, -0.2) is 8.07 Å². The molecule has 0 aromatic rings. The highest BCUT2D eigenvalue weighted by molar-refractivity contribution is 6.91. The van der Waals surface area contributed by atoms with Crippen molar-refractivity contribution in [3.63, 3.8) is 0 Å². The van der Waals surface area contributed by atoms with Crippen molar-refractivity contribution in [1.82, 2.24) is 0 Å². The van der Waals surface area contributed by atoms with Crippen molar-refractivity contribution in [3.8, 4) is 0 Å². The smallest absolute Gasteiger partial charge is 0.0774 e. The fourth-order valence-corrected chi connectivity index (χ4v) is 8.76. The molecule has 21 heavy (non-hydrogen) atoms. The van der Waals surface area contributed by atoms with Crippen molar-refractivity contribution < 1.29 is 0 Å². The van der Waals surface area contributed by atoms with Crippen LogP contribution >= 0.6 is 0 Å². The van der Waals surface area contributed by atoms with Gasteiger partial charge in [0.15, 0.2) is 0 Å². The van der Waals surface area contributed by atoms with Crippen molar-refractivity contribution >= 4 is 8.07 Å². The van der Waals surface area contributed by atoms with Crippen LogP contribution in [0.2, 0.25) is 13.1 Å². The minimum Gasteiger partial charge on any atom is -0.0774 e. The highest BCUT2D eigenvalue weighted by Gasteiger charge is 2.38. The average molecular weight is 297 g/mol. The summed E-state index contributed by atoms with van der Waals surface area (Å²) in [7, 11) is -1.43. The molecule has 0 nitrogen and oxygen atoms in total. The van der Waals surface area contributed by atoms with Gasteiger partial charge in [-0.05, 0) is 68.4 Å². The topological polar surface area (TPSA) is 0 Å². The highest BCUT2D eigenvalue weighted by Crippen LogP contribution is 2.47. The van der Waals surface area contributed by atoms with Crippen molar-refractivity contribution in [2.75, 3.05) is 0 Å². The Hall–Kier alpha value is -0.823. The lowest BCUT2D eigenvalue weighted by Crippen LogP contribution is -2.33. The van der Waals surface area contributed by atoms with Crippen LogP contribution in [0.5, 0.6) is 0 Å². The number of hydrogen-bond donors (Lipinski definition) is 0. The van der Waals surface area contributed by atoms with Crippen molar-refractivity contribution in [2.45, 2.75) is 70.9 Å². The van der Waals surface area contributed by atoms with Crippen LogP contribution in [0.4, 0.5) is 0 Å². The molecule has 0 aliphatic heterocycles. The van der Waals surface area contributed by atoms with Crippen LogP contribution in [0.3, 0.4) is 0 Å². The molecule has 0 amide bonds. The van der Waals surface area contributed by atoms with Gasteiger partial charge in [-0.25, -0.2) is 0 Å². The Morgan fingerprint density at radius 2 is 1.81 bits per heavy atom. The van der Waals surface area contributed by atoms with Gasteiger partial charge >= 0.3 is 0 Å². The molecule has 0 bridgehead atoms. The molecule has 0 radical (unpaired) electrons. The van der Waals surface area contributed by atoms with Gasteiger partial charge in [-0.3, -0.25) is 0 Å². The van der Waals surface area contributed by atoms with Crippen LogP contribution in [0, 0.1) is 5.92 Å². The lowest BCUT2D eigenvalue weighted by molar-refractivity contribution is 0.524. The second-order valence-electron chi connectivity index (χ2n) is 7.87. The Labute approximate surface area is 130 Å². The number of rotatable bonds is 2. The maximum absolute atomic E-state index is 2.63. The van der Waals surface area contributed by atoms with Gasteiger partial charge in [0.2, 0.25) is 0 Å². The van der Waals surface area contributed by atoms with Gasteiger partial charge in [-0.15, -0.1) is 0 Å². The van der Waals surface area contributed by atoms with E-state index in [4.69, 9.17) is 0 Å². The quantitative estimate of drug-likeness (QED) is 0.546. The molecule has 1 atom stereocenters. The Morgan fingerprint density at radius 3 is 2.71 bits per heavy atom. The van der Waals surface area contributed by atoms with Crippen molar-refractivity contribution in [1.29, 1.82) is 0 Å². The fourth-order valence-electron chi connectivity index (χ4n) is 5.16. The van der Waals surface area contributed by atoms with Crippen LogP contribution in [0.25, 0.3) is 0 Å². The Kier molecular flexibility index (Phi) is 3.37. The van der Waals surface area contributed by atoms with Crippen molar-refractivity contribution in [2.24, 2.45) is 5.92 Å². The SMILES string of the molecule is C[Si](C)(C1=C2CCCCC2C=C1)C1=C2CCCCC2=CC1. The third kappa shape index (κ3) is 2.16. The first-order valence-electron chi connectivity index (χ1n) is 9.01. The van der Waals surface area contributed by atoms with Gasteiger partial charge < -0.3 is 0 Å². The zero-order valence-corrected chi connectivity index (χ0v) is 14.7. The molecule has 2 fully saturated rings. The summed E-state index contributed by atoms with van der Waals surface area (Å²) in [6.45, 7) is 5.26. The molecule has 0 heterocycles. The van der Waals surface area contributed by atoms with E-state index in [-0.39, 0.29) is 0 Å². The predicted molar refractivity (Wildman–Crippen MR) is 93.8 cm³/mol. The molecule has 0 N–H and O–H groups in total. The Bertz CT molecular complexity index is 583. The molecule has 4 aliphatic carbocycles. The van der Waals surface area contributed by atoms with E-state index in [0.717, 1.165) is 5.92 Å². The van der Waals surface area contributed by atoms with E-state index < -0.39 is 8.07 Å². The van der Waals surface area contributed by atoms with E-state index in [2.05, 4.69) is 31.3 Å². The second kappa shape index (κ2) is 5.12. The summed E-state index contributed by atoms with van der Waals surface area (Å²) >= 11 is 0. The first kappa shape index (κ1) is 13.8. The first-order chi connectivity index (χ1) is 10.2. The summed E-state index contributed by atoms with van der Waals surface area (Å²) in [4.78, 5) is 0. The minimum atomic E-state index is -1.43. The second-order valence-corrected chi connectivity index (χ2v) is 12.3. The van der Waals surface area contributed by atoms with Crippen LogP contribution in [0.15, 0.2) is 45.3 Å². The average Bonchev–Trinajstić information content (AvgIpc) is 3.12. The van der Waals surface area contributed by atoms with Crippen molar-refractivity contribution in [3.05, 3.63) is 45.3 Å². The standard InChI is InChI=1S/C20H28Si/c1-21(2,19-13-11-15-7-3-5-9-17(15)19)20-14-12-16-8-4-6-10-18(16)20/h11-13,15H,3-10,14H2,1-2H3. The normalized spacial score (nSPS) is 28.9. The van der Waals surface area contributed by atoms with Gasteiger partial charge in [-0.2, -0.15) is 0 Å². The summed E-state index contributed by atoms with van der Waals surface area (Å²) in [5, 5.41) is 3.70. The van der Waals surface area contributed by atoms with Gasteiger partial charge in [0.1, 0.15) is 8.07 Å². The number of hydrogen-bond acceptors (Lipinski definition) is 0. The number of allylic oxidation sites excluding steroid dienone is 8. The van der Waals surface area contributed by atoms with E-state index in [0.29, 0.717) is 0 Å². The van der Waals surface area contributed by atoms with E-state index in [1.807, 2.05) is 16.0 Å². The van der Waals surface area contributed by atoms with Gasteiger partial charge in [-0.1, -0.05) is 53.7 Å². The van der Waals surface area contributed by atoms with E-state index in [1.54, 1.807) is 11.1 Å². The lowest BCUT2D eigenvalue weighted by atomic mass is 9.87. The maximum atomic E-state index is 2.63. The summed E-state index contributed by atoms with van der Waals surface area (Å²) in [5.41, 5.74) is 5.37. The fraction of sp³-hybridized carbons (Fsp3) is 0.600. The van der Waals surface area contributed by atoms with Gasteiger partial charge in [0.25, 0.3) is 0 Å². The lowest BCUT2D eigenvalue weighted by Gasteiger charge is -2.32. The van der Waals surface area contributed by atoms with Crippen LogP contribution in [-0.2, 0) is 0 Å². The summed E-state index contributed by atoms with van der Waals surface area (Å²) in [6.07, 6.45) is 20.2. The van der Waals surface area contributed by atoms with Gasteiger partial charge in [0, 0.05) is 0 Å². The minimum absolute atomic E-state index is 0.811. The van der Waals surface area contributed by atoms with E-state index in [9.17, 15) is 0 Å². The third-order valence-corrected chi connectivity index (χ3v) is 10.2. The zero-order chi connectivity index (χ0) is 14.4. The molecule has 2 saturated carbocycles. The Morgan fingerprint density at radius 1 is 1.00 bits per heavy atom. The summed E-state index contributed by atoms with van der Waals surface area (Å²) < 4.78 is 0. The molecular formula is C20H28Si. The molecular weight excluding hydrogens is 268 g/mol. The highest BCUT2D eigenvalue weighted by atomic mass is 28.3. The molecule has 112 valence electrons. The Balaban J connectivity index is 1.73. The summed E-state index contributed by atoms with van der Waals surface area (Å²) in [5.74, 6) is 0.811. The molecule has 1 unspecified atom stereocenters. The molecule has 1 heteroatoms. The molecule has 0 aromatic carbocycles. The van der Waals surface area contributed by atoms with E-state index in [1.165, 1.54) is 57.8 Å². The first-order valence-corrected chi connectivity index (χ1v) is 12.0. The van der Waals surface area contributed by atoms with Crippen LogP contribution < -0.4 is 0 Å². The van der Waals surface area contributed by atoms with Crippen LogP contribution in [0.1, 0.15) is 57.8 Å².